The summed E-state index contributed by atoms with van der Waals surface area (Å²) in [6.07, 6.45) is 2.40. The van der Waals surface area contributed by atoms with Gasteiger partial charge in [0.25, 0.3) is 0 Å². The Bertz CT molecular complexity index is 1400. The zero-order valence-electron chi connectivity index (χ0n) is 36.3. The minimum absolute atomic E-state index is 0.0693. The molecule has 0 amide bonds. The highest BCUT2D eigenvalue weighted by atomic mass is 16.7. The van der Waals surface area contributed by atoms with E-state index in [4.69, 9.17) is 28.4 Å². The van der Waals surface area contributed by atoms with Crippen LogP contribution in [-0.4, -0.2) is 141 Å². The van der Waals surface area contributed by atoms with Gasteiger partial charge in [-0.2, -0.15) is 0 Å². The summed E-state index contributed by atoms with van der Waals surface area (Å²) in [6.45, 7) is 11.6. The maximum atomic E-state index is 14.6. The Morgan fingerprint density at radius 3 is 2.02 bits per heavy atom. The number of aliphatic hydroxyl groups excluding tert-OH is 6. The third-order valence-corrected chi connectivity index (χ3v) is 15.3. The molecule has 0 spiro atoms. The largest absolute Gasteiger partial charge is 0.394 e. The van der Waals surface area contributed by atoms with Crippen molar-refractivity contribution in [1.82, 2.24) is 0 Å². The van der Waals surface area contributed by atoms with Crippen molar-refractivity contribution < 1.29 is 69.0 Å². The van der Waals surface area contributed by atoms with Crippen LogP contribution in [0.4, 0.5) is 0 Å². The van der Waals surface area contributed by atoms with Gasteiger partial charge in [-0.3, -0.25) is 4.79 Å². The van der Waals surface area contributed by atoms with E-state index >= 15 is 0 Å². The molecule has 18 unspecified atom stereocenters. The summed E-state index contributed by atoms with van der Waals surface area (Å²) in [5.41, 5.74) is -0.924. The fraction of sp³-hybridized carbons (Fsp3) is 0.933. The van der Waals surface area contributed by atoms with Crippen molar-refractivity contribution in [2.24, 2.45) is 34.5 Å². The minimum Gasteiger partial charge on any atom is -0.394 e. The highest BCUT2D eigenvalue weighted by Gasteiger charge is 2.64. The first kappa shape index (κ1) is 47.4. The van der Waals surface area contributed by atoms with Crippen LogP contribution in [0.1, 0.15) is 131 Å². The predicted octanol–water partition coefficient (Wildman–Crippen LogP) is 3.66. The lowest BCUT2D eigenvalue weighted by Crippen LogP contribution is -2.57. The first-order valence-corrected chi connectivity index (χ1v) is 22.6. The molecule has 6 rings (SSSR count). The normalized spacial score (nSPS) is 43.4. The average Bonchev–Trinajstić information content (AvgIpc) is 3.50. The zero-order chi connectivity index (χ0) is 42.9. The number of aliphatic hydroxyl groups is 7. The minimum atomic E-state index is -1.27. The van der Waals surface area contributed by atoms with Crippen LogP contribution in [0.2, 0.25) is 0 Å². The topological polar surface area (TPSA) is 214 Å². The monoisotopic (exact) mass is 841 g/mol. The molecule has 0 aromatic carbocycles. The van der Waals surface area contributed by atoms with E-state index in [2.05, 4.69) is 26.8 Å². The number of rotatable bonds is 17. The second-order valence-corrected chi connectivity index (χ2v) is 20.1. The molecular weight excluding hydrogens is 764 g/mol. The summed E-state index contributed by atoms with van der Waals surface area (Å²) in [7, 11) is 0. The number of hydrogen-bond donors (Lipinski definition) is 7. The smallest absolute Gasteiger partial charge is 0.161 e. The maximum absolute atomic E-state index is 14.6. The van der Waals surface area contributed by atoms with Gasteiger partial charge < -0.3 is 64.2 Å². The SMILES string of the molecule is CC1=CCC2C3CCC(C(O)CCC(OC4CC(O)CC(COC5CC(O)CC(CO)O5)O4)C(C)(C)O)C3(C)CC(=O)C2(C)C1CCC(C)OC1CC(O)CC(CO)O1. The Kier molecular flexibility index (Phi) is 15.8. The summed E-state index contributed by atoms with van der Waals surface area (Å²) >= 11 is 0. The van der Waals surface area contributed by atoms with Crippen LogP contribution in [0.25, 0.3) is 0 Å². The fourth-order valence-corrected chi connectivity index (χ4v) is 12.0. The van der Waals surface area contributed by atoms with E-state index in [1.807, 2.05) is 6.92 Å². The van der Waals surface area contributed by atoms with E-state index in [9.17, 15) is 40.5 Å². The number of fused-ring (bicyclic) bond motifs is 3. The Hall–Kier alpha value is -1.11. The van der Waals surface area contributed by atoms with Crippen molar-refractivity contribution in [3.05, 3.63) is 11.6 Å². The molecule has 0 bridgehead atoms. The Morgan fingerprint density at radius 1 is 0.814 bits per heavy atom. The highest BCUT2D eigenvalue weighted by molar-refractivity contribution is 5.87. The van der Waals surface area contributed by atoms with Crippen LogP contribution in [0.3, 0.4) is 0 Å². The second kappa shape index (κ2) is 19.7. The van der Waals surface area contributed by atoms with E-state index in [1.54, 1.807) is 13.8 Å². The lowest BCUT2D eigenvalue weighted by atomic mass is 9.45. The van der Waals surface area contributed by atoms with Crippen molar-refractivity contribution in [3.63, 3.8) is 0 Å². The van der Waals surface area contributed by atoms with Crippen molar-refractivity contribution in [2.45, 2.75) is 211 Å². The fourth-order valence-electron chi connectivity index (χ4n) is 12.0. The Labute approximate surface area is 350 Å². The van der Waals surface area contributed by atoms with Crippen LogP contribution >= 0.6 is 0 Å². The predicted molar refractivity (Wildman–Crippen MR) is 215 cm³/mol. The van der Waals surface area contributed by atoms with Gasteiger partial charge in [0.15, 0.2) is 18.9 Å². The van der Waals surface area contributed by atoms with Gasteiger partial charge >= 0.3 is 0 Å². The number of Topliss-reactive ketones (excluding diaryl/α,β-unsaturated/α-hetero) is 1. The van der Waals surface area contributed by atoms with Crippen LogP contribution in [0.15, 0.2) is 11.6 Å². The van der Waals surface area contributed by atoms with Gasteiger partial charge in [-0.1, -0.05) is 25.5 Å². The van der Waals surface area contributed by atoms with Gasteiger partial charge in [-0.25, -0.2) is 0 Å². The molecule has 7 N–H and O–H groups in total. The Morgan fingerprint density at radius 2 is 1.39 bits per heavy atom. The summed E-state index contributed by atoms with van der Waals surface area (Å²) < 4.78 is 36.2. The lowest BCUT2D eigenvalue weighted by Gasteiger charge is -2.57. The molecule has 6 aliphatic rings. The molecule has 59 heavy (non-hydrogen) atoms. The van der Waals surface area contributed by atoms with Crippen molar-refractivity contribution >= 4 is 5.78 Å². The molecule has 340 valence electrons. The molecule has 0 radical (unpaired) electrons. The number of ether oxygens (including phenoxy) is 6. The van der Waals surface area contributed by atoms with E-state index in [0.29, 0.717) is 44.9 Å². The quantitative estimate of drug-likeness (QED) is 0.104. The number of carbonyl (C=O) groups excluding carboxylic acids is 1. The van der Waals surface area contributed by atoms with Crippen LogP contribution < -0.4 is 0 Å². The third kappa shape index (κ3) is 11.0. The summed E-state index contributed by atoms with van der Waals surface area (Å²) in [6, 6.07) is 0. The zero-order valence-corrected chi connectivity index (χ0v) is 36.3. The summed E-state index contributed by atoms with van der Waals surface area (Å²) in [4.78, 5) is 14.6. The van der Waals surface area contributed by atoms with Crippen molar-refractivity contribution in [3.8, 4) is 0 Å². The third-order valence-electron chi connectivity index (χ3n) is 15.3. The first-order valence-electron chi connectivity index (χ1n) is 22.6. The van der Waals surface area contributed by atoms with Crippen molar-refractivity contribution in [1.29, 1.82) is 0 Å². The van der Waals surface area contributed by atoms with E-state index in [-0.39, 0.29) is 73.6 Å². The molecule has 14 heteroatoms. The lowest BCUT2D eigenvalue weighted by molar-refractivity contribution is -0.279. The molecule has 3 heterocycles. The van der Waals surface area contributed by atoms with Gasteiger partial charge in [0, 0.05) is 50.4 Å². The van der Waals surface area contributed by atoms with Gasteiger partial charge in [0.1, 0.15) is 5.78 Å². The molecule has 0 aromatic heterocycles. The average molecular weight is 841 g/mol. The van der Waals surface area contributed by atoms with Crippen LogP contribution in [0, 0.1) is 34.5 Å². The van der Waals surface area contributed by atoms with Gasteiger partial charge in [-0.15, -0.1) is 0 Å². The van der Waals surface area contributed by atoms with Gasteiger partial charge in [0.05, 0.1) is 80.4 Å². The molecule has 3 aliphatic heterocycles. The Balaban J connectivity index is 1.04. The van der Waals surface area contributed by atoms with Gasteiger partial charge in [-0.05, 0) is 102 Å². The highest BCUT2D eigenvalue weighted by Crippen LogP contribution is 2.66. The van der Waals surface area contributed by atoms with Crippen LogP contribution in [-0.2, 0) is 33.2 Å². The van der Waals surface area contributed by atoms with Crippen molar-refractivity contribution in [2.75, 3.05) is 19.8 Å². The molecule has 5 fully saturated rings. The number of carbonyl (C=O) groups is 1. The van der Waals surface area contributed by atoms with E-state index in [1.165, 1.54) is 5.57 Å². The van der Waals surface area contributed by atoms with Crippen LogP contribution in [0.5, 0.6) is 0 Å². The summed E-state index contributed by atoms with van der Waals surface area (Å²) in [5.74, 6) is 0.672. The second-order valence-electron chi connectivity index (χ2n) is 20.1. The molecule has 14 nitrogen and oxygen atoms in total. The molecule has 2 saturated carbocycles. The molecule has 0 aromatic rings. The summed E-state index contributed by atoms with van der Waals surface area (Å²) in [5, 5.41) is 73.4. The number of ketones is 1. The molecule has 3 saturated heterocycles. The maximum Gasteiger partial charge on any atom is 0.161 e. The molecule has 3 aliphatic carbocycles. The van der Waals surface area contributed by atoms with Gasteiger partial charge in [0.2, 0.25) is 0 Å². The standard InChI is InChI=1S/C45H76O14/c1-25-7-9-35-34-11-12-36(44(34,5)21-38(52)45(35,6)33(25)10-8-26(2)55-41-19-28(49)16-31(23-47)57-41)37(51)13-14-39(43(3,4)53)59-42-20-29(50)17-32(58-42)24-54-40-18-27(48)15-30(22-46)56-40/h7,26-37,39-42,46-51,53H,8-24H2,1-6H3. The van der Waals surface area contributed by atoms with E-state index in [0.717, 1.165) is 32.1 Å². The van der Waals surface area contributed by atoms with E-state index < -0.39 is 78.7 Å². The first-order chi connectivity index (χ1) is 27.8. The number of allylic oxidation sites excluding steroid dienone is 2. The number of hydrogen-bond acceptors (Lipinski definition) is 14. The molecule has 18 atom stereocenters. The molecular formula is C45H76O14.